The Balaban J connectivity index is 1.80. The standard InChI is InChI=1S/C13H27NO/c1-12(14-2)7-5-6-10-15-11-13-8-3-4-9-13/h12-14H,3-11H2,1-2H3. The van der Waals surface area contributed by atoms with E-state index in [1.165, 1.54) is 44.9 Å². The van der Waals surface area contributed by atoms with Crippen LogP contribution in [0.4, 0.5) is 0 Å². The molecular formula is C13H27NO. The molecule has 0 spiro atoms. The predicted molar refractivity (Wildman–Crippen MR) is 65.1 cm³/mol. The molecule has 1 fully saturated rings. The van der Waals surface area contributed by atoms with Crippen LogP contribution in [0.15, 0.2) is 0 Å². The van der Waals surface area contributed by atoms with Crippen LogP contribution in [0.5, 0.6) is 0 Å². The molecule has 0 aliphatic heterocycles. The molecule has 15 heavy (non-hydrogen) atoms. The Bertz CT molecular complexity index is 143. The van der Waals surface area contributed by atoms with Crippen molar-refractivity contribution in [3.05, 3.63) is 0 Å². The summed E-state index contributed by atoms with van der Waals surface area (Å²) in [7, 11) is 2.03. The summed E-state index contributed by atoms with van der Waals surface area (Å²) in [5.41, 5.74) is 0. The third-order valence-electron chi connectivity index (χ3n) is 3.50. The monoisotopic (exact) mass is 213 g/mol. The third-order valence-corrected chi connectivity index (χ3v) is 3.50. The summed E-state index contributed by atoms with van der Waals surface area (Å²) < 4.78 is 5.71. The fourth-order valence-corrected chi connectivity index (χ4v) is 2.23. The highest BCUT2D eigenvalue weighted by Gasteiger charge is 2.14. The van der Waals surface area contributed by atoms with Gasteiger partial charge in [0.05, 0.1) is 0 Å². The molecule has 1 aliphatic rings. The molecule has 0 aromatic carbocycles. The zero-order chi connectivity index (χ0) is 10.9. The summed E-state index contributed by atoms with van der Waals surface area (Å²) in [6.45, 7) is 4.22. The van der Waals surface area contributed by atoms with E-state index in [4.69, 9.17) is 4.74 Å². The molecule has 1 unspecified atom stereocenters. The van der Waals surface area contributed by atoms with E-state index in [1.807, 2.05) is 7.05 Å². The largest absolute Gasteiger partial charge is 0.381 e. The Kier molecular flexibility index (Phi) is 7.03. The number of nitrogens with one attached hydrogen (secondary N) is 1. The van der Waals surface area contributed by atoms with Crippen molar-refractivity contribution in [1.29, 1.82) is 0 Å². The van der Waals surface area contributed by atoms with Gasteiger partial charge >= 0.3 is 0 Å². The lowest BCUT2D eigenvalue weighted by Gasteiger charge is -2.11. The summed E-state index contributed by atoms with van der Waals surface area (Å²) in [6, 6.07) is 0.653. The minimum absolute atomic E-state index is 0.653. The van der Waals surface area contributed by atoms with Crippen molar-refractivity contribution in [3.8, 4) is 0 Å². The smallest absolute Gasteiger partial charge is 0.0494 e. The highest BCUT2D eigenvalue weighted by atomic mass is 16.5. The first kappa shape index (κ1) is 13.0. The molecule has 2 nitrogen and oxygen atoms in total. The number of hydrogen-bond acceptors (Lipinski definition) is 2. The fraction of sp³-hybridized carbons (Fsp3) is 1.00. The second-order valence-electron chi connectivity index (χ2n) is 4.91. The van der Waals surface area contributed by atoms with Gasteiger partial charge in [-0.05, 0) is 52.0 Å². The maximum atomic E-state index is 5.71. The lowest BCUT2D eigenvalue weighted by molar-refractivity contribution is 0.0976. The second kappa shape index (κ2) is 8.12. The van der Waals surface area contributed by atoms with Crippen LogP contribution in [0.25, 0.3) is 0 Å². The molecular weight excluding hydrogens is 186 g/mol. The molecule has 0 amide bonds. The average molecular weight is 213 g/mol. The van der Waals surface area contributed by atoms with Crippen molar-refractivity contribution in [1.82, 2.24) is 5.32 Å². The summed E-state index contributed by atoms with van der Waals surface area (Å²) in [6.07, 6.45) is 9.42. The predicted octanol–water partition coefficient (Wildman–Crippen LogP) is 2.97. The van der Waals surface area contributed by atoms with Crippen molar-refractivity contribution in [3.63, 3.8) is 0 Å². The Hall–Kier alpha value is -0.0800. The van der Waals surface area contributed by atoms with E-state index in [0.717, 1.165) is 19.1 Å². The van der Waals surface area contributed by atoms with Crippen LogP contribution in [0.2, 0.25) is 0 Å². The lowest BCUT2D eigenvalue weighted by Crippen LogP contribution is -2.20. The van der Waals surface area contributed by atoms with Crippen molar-refractivity contribution in [2.45, 2.75) is 57.9 Å². The first-order chi connectivity index (χ1) is 7.33. The third kappa shape index (κ3) is 6.16. The van der Waals surface area contributed by atoms with Crippen molar-refractivity contribution >= 4 is 0 Å². The molecule has 1 saturated carbocycles. The zero-order valence-electron chi connectivity index (χ0n) is 10.4. The summed E-state index contributed by atoms with van der Waals surface area (Å²) in [4.78, 5) is 0. The first-order valence-electron chi connectivity index (χ1n) is 6.58. The van der Waals surface area contributed by atoms with Crippen LogP contribution in [-0.2, 0) is 4.74 Å². The molecule has 1 N–H and O–H groups in total. The molecule has 0 aromatic rings. The maximum Gasteiger partial charge on any atom is 0.0494 e. The van der Waals surface area contributed by atoms with Crippen LogP contribution in [0.1, 0.15) is 51.9 Å². The van der Waals surface area contributed by atoms with E-state index in [2.05, 4.69) is 12.2 Å². The van der Waals surface area contributed by atoms with Crippen LogP contribution in [0.3, 0.4) is 0 Å². The molecule has 2 heteroatoms. The highest BCUT2D eigenvalue weighted by molar-refractivity contribution is 4.66. The van der Waals surface area contributed by atoms with Crippen LogP contribution >= 0.6 is 0 Å². The number of ether oxygens (including phenoxy) is 1. The summed E-state index contributed by atoms with van der Waals surface area (Å²) in [5.74, 6) is 0.876. The zero-order valence-corrected chi connectivity index (χ0v) is 10.4. The van der Waals surface area contributed by atoms with Gasteiger partial charge in [-0.2, -0.15) is 0 Å². The van der Waals surface area contributed by atoms with Crippen LogP contribution in [0, 0.1) is 5.92 Å². The number of unbranched alkanes of at least 4 members (excludes halogenated alkanes) is 1. The van der Waals surface area contributed by atoms with Gasteiger partial charge in [-0.25, -0.2) is 0 Å². The SMILES string of the molecule is CNC(C)CCCCOCC1CCCC1. The van der Waals surface area contributed by atoms with Crippen LogP contribution in [-0.4, -0.2) is 26.3 Å². The van der Waals surface area contributed by atoms with Gasteiger partial charge < -0.3 is 10.1 Å². The van der Waals surface area contributed by atoms with E-state index >= 15 is 0 Å². The molecule has 0 bridgehead atoms. The van der Waals surface area contributed by atoms with Gasteiger partial charge in [-0.1, -0.05) is 12.8 Å². The van der Waals surface area contributed by atoms with Gasteiger partial charge in [0, 0.05) is 19.3 Å². The summed E-state index contributed by atoms with van der Waals surface area (Å²) >= 11 is 0. The van der Waals surface area contributed by atoms with Crippen molar-refractivity contribution in [2.24, 2.45) is 5.92 Å². The van der Waals surface area contributed by atoms with Crippen LogP contribution < -0.4 is 5.32 Å². The Morgan fingerprint density at radius 1 is 1.27 bits per heavy atom. The molecule has 1 atom stereocenters. The number of rotatable bonds is 8. The first-order valence-corrected chi connectivity index (χ1v) is 6.58. The van der Waals surface area contributed by atoms with Gasteiger partial charge in [0.15, 0.2) is 0 Å². The quantitative estimate of drug-likeness (QED) is 0.626. The van der Waals surface area contributed by atoms with Crippen molar-refractivity contribution < 1.29 is 4.74 Å². The van der Waals surface area contributed by atoms with E-state index in [0.29, 0.717) is 6.04 Å². The Morgan fingerprint density at radius 3 is 2.67 bits per heavy atom. The molecule has 1 aliphatic carbocycles. The van der Waals surface area contributed by atoms with E-state index in [1.54, 1.807) is 0 Å². The van der Waals surface area contributed by atoms with Gasteiger partial charge in [-0.15, -0.1) is 0 Å². The molecule has 90 valence electrons. The molecule has 0 heterocycles. The number of hydrogen-bond donors (Lipinski definition) is 1. The minimum atomic E-state index is 0.653. The van der Waals surface area contributed by atoms with Crippen molar-refractivity contribution in [2.75, 3.05) is 20.3 Å². The second-order valence-corrected chi connectivity index (χ2v) is 4.91. The molecule has 0 aromatic heterocycles. The fourth-order valence-electron chi connectivity index (χ4n) is 2.23. The van der Waals surface area contributed by atoms with E-state index < -0.39 is 0 Å². The topological polar surface area (TPSA) is 21.3 Å². The van der Waals surface area contributed by atoms with Gasteiger partial charge in [0.1, 0.15) is 0 Å². The maximum absolute atomic E-state index is 5.71. The van der Waals surface area contributed by atoms with Gasteiger partial charge in [0.2, 0.25) is 0 Å². The Labute approximate surface area is 94.8 Å². The van der Waals surface area contributed by atoms with Gasteiger partial charge in [-0.3, -0.25) is 0 Å². The van der Waals surface area contributed by atoms with E-state index in [9.17, 15) is 0 Å². The van der Waals surface area contributed by atoms with Gasteiger partial charge in [0.25, 0.3) is 0 Å². The van der Waals surface area contributed by atoms with E-state index in [-0.39, 0.29) is 0 Å². The normalized spacial score (nSPS) is 19.6. The molecule has 0 radical (unpaired) electrons. The summed E-state index contributed by atoms with van der Waals surface area (Å²) in [5, 5.41) is 3.26. The minimum Gasteiger partial charge on any atom is -0.381 e. The Morgan fingerprint density at radius 2 is 2.00 bits per heavy atom. The molecule has 1 rings (SSSR count). The lowest BCUT2D eigenvalue weighted by atomic mass is 10.1. The average Bonchev–Trinajstić information content (AvgIpc) is 2.75. The molecule has 0 saturated heterocycles. The highest BCUT2D eigenvalue weighted by Crippen LogP contribution is 2.24.